The number of nitrogens with zero attached hydrogens (tertiary/aromatic N) is 1. The van der Waals surface area contributed by atoms with Crippen LogP contribution < -0.4 is 10.6 Å². The van der Waals surface area contributed by atoms with Gasteiger partial charge in [0.2, 0.25) is 5.91 Å². The van der Waals surface area contributed by atoms with Crippen LogP contribution in [0.4, 0.5) is 4.79 Å². The van der Waals surface area contributed by atoms with E-state index in [1.807, 2.05) is 20.8 Å². The maximum Gasteiger partial charge on any atom is 0.315 e. The molecule has 120 valence electrons. The fourth-order valence-electron chi connectivity index (χ4n) is 2.37. The number of carbonyl (C=O) groups is 3. The molecule has 1 saturated heterocycles. The molecule has 2 unspecified atom stereocenters. The highest BCUT2D eigenvalue weighted by atomic mass is 16.4. The number of amides is 3. The van der Waals surface area contributed by atoms with Crippen molar-refractivity contribution in [3.05, 3.63) is 0 Å². The van der Waals surface area contributed by atoms with Crippen LogP contribution in [0.1, 0.15) is 33.6 Å². The third kappa shape index (κ3) is 5.61. The Labute approximate surface area is 125 Å². The molecule has 2 atom stereocenters. The lowest BCUT2D eigenvalue weighted by Gasteiger charge is -2.23. The molecule has 0 bridgehead atoms. The van der Waals surface area contributed by atoms with Gasteiger partial charge in [0, 0.05) is 20.1 Å². The van der Waals surface area contributed by atoms with Crippen molar-refractivity contribution in [3.8, 4) is 0 Å². The Morgan fingerprint density at radius 3 is 2.48 bits per heavy atom. The Bertz CT molecular complexity index is 417. The van der Waals surface area contributed by atoms with Gasteiger partial charge in [-0.2, -0.15) is 0 Å². The number of rotatable bonds is 5. The Balaban J connectivity index is 2.43. The number of likely N-dealkylation sites (N-methyl/N-ethyl adjacent to an activating group) is 1. The summed E-state index contributed by atoms with van der Waals surface area (Å²) in [6.07, 6.45) is 1.04. The second kappa shape index (κ2) is 6.78. The summed E-state index contributed by atoms with van der Waals surface area (Å²) in [6, 6.07) is -1.01. The fraction of sp³-hybridized carbons (Fsp3) is 0.786. The number of urea groups is 1. The van der Waals surface area contributed by atoms with E-state index in [1.54, 1.807) is 11.9 Å². The van der Waals surface area contributed by atoms with Gasteiger partial charge in [-0.1, -0.05) is 20.8 Å². The highest BCUT2D eigenvalue weighted by molar-refractivity contribution is 5.88. The molecule has 0 aromatic rings. The van der Waals surface area contributed by atoms with Gasteiger partial charge in [0.05, 0.1) is 5.92 Å². The third-order valence-corrected chi connectivity index (χ3v) is 3.45. The molecule has 7 nitrogen and oxygen atoms in total. The van der Waals surface area contributed by atoms with Crippen molar-refractivity contribution < 1.29 is 19.5 Å². The first-order valence-electron chi connectivity index (χ1n) is 7.12. The SMILES string of the molecule is CN1CCC(NC(=O)NCC(CC(C)(C)C)C(=O)O)C1=O. The van der Waals surface area contributed by atoms with E-state index in [2.05, 4.69) is 10.6 Å². The first-order chi connectivity index (χ1) is 9.60. The average molecular weight is 299 g/mol. The maximum atomic E-state index is 11.8. The van der Waals surface area contributed by atoms with Gasteiger partial charge >= 0.3 is 12.0 Å². The van der Waals surface area contributed by atoms with Crippen LogP contribution in [-0.2, 0) is 9.59 Å². The van der Waals surface area contributed by atoms with E-state index < -0.39 is 24.0 Å². The molecule has 7 heteroatoms. The minimum absolute atomic E-state index is 0.0508. The van der Waals surface area contributed by atoms with Gasteiger partial charge in [-0.15, -0.1) is 0 Å². The summed E-state index contributed by atoms with van der Waals surface area (Å²) >= 11 is 0. The maximum absolute atomic E-state index is 11.8. The third-order valence-electron chi connectivity index (χ3n) is 3.45. The van der Waals surface area contributed by atoms with Gasteiger partial charge in [-0.25, -0.2) is 4.79 Å². The van der Waals surface area contributed by atoms with Crippen LogP contribution in [0.15, 0.2) is 0 Å². The van der Waals surface area contributed by atoms with E-state index in [0.29, 0.717) is 19.4 Å². The molecule has 3 amide bonds. The quantitative estimate of drug-likeness (QED) is 0.694. The normalized spacial score (nSPS) is 20.3. The van der Waals surface area contributed by atoms with Crippen molar-refractivity contribution in [1.82, 2.24) is 15.5 Å². The summed E-state index contributed by atoms with van der Waals surface area (Å²) in [5.41, 5.74) is -0.134. The lowest BCUT2D eigenvalue weighted by Crippen LogP contribution is -2.47. The van der Waals surface area contributed by atoms with E-state index in [9.17, 15) is 19.5 Å². The van der Waals surface area contributed by atoms with Crippen molar-refractivity contribution in [2.45, 2.75) is 39.7 Å². The van der Waals surface area contributed by atoms with Gasteiger partial charge in [0.1, 0.15) is 6.04 Å². The summed E-state index contributed by atoms with van der Waals surface area (Å²) in [5.74, 6) is -1.69. The fourth-order valence-corrected chi connectivity index (χ4v) is 2.37. The first kappa shape index (κ1) is 17.3. The lowest BCUT2D eigenvalue weighted by molar-refractivity contribution is -0.142. The van der Waals surface area contributed by atoms with Crippen LogP contribution in [0.5, 0.6) is 0 Å². The monoisotopic (exact) mass is 299 g/mol. The number of carboxylic acids is 1. The molecule has 0 radical (unpaired) electrons. The predicted octanol–water partition coefficient (Wildman–Crippen LogP) is 0.653. The lowest BCUT2D eigenvalue weighted by atomic mass is 9.84. The van der Waals surface area contributed by atoms with Crippen molar-refractivity contribution in [3.63, 3.8) is 0 Å². The van der Waals surface area contributed by atoms with E-state index in [1.165, 1.54) is 0 Å². The second-order valence-electron chi connectivity index (χ2n) is 6.76. The summed E-state index contributed by atoms with van der Waals surface area (Å²) in [5, 5.41) is 14.3. The molecular weight excluding hydrogens is 274 g/mol. The van der Waals surface area contributed by atoms with Crippen LogP contribution >= 0.6 is 0 Å². The Morgan fingerprint density at radius 2 is 2.05 bits per heavy atom. The number of hydrogen-bond acceptors (Lipinski definition) is 3. The number of nitrogens with one attached hydrogen (secondary N) is 2. The summed E-state index contributed by atoms with van der Waals surface area (Å²) in [6.45, 7) is 6.53. The van der Waals surface area contributed by atoms with Crippen LogP contribution in [0, 0.1) is 11.3 Å². The molecule has 21 heavy (non-hydrogen) atoms. The first-order valence-corrected chi connectivity index (χ1v) is 7.12. The summed E-state index contributed by atoms with van der Waals surface area (Å²) < 4.78 is 0. The van der Waals surface area contributed by atoms with E-state index >= 15 is 0 Å². The van der Waals surface area contributed by atoms with Gasteiger partial charge in [0.25, 0.3) is 0 Å². The van der Waals surface area contributed by atoms with Crippen LogP contribution in [0.3, 0.4) is 0 Å². The molecule has 0 spiro atoms. The number of carbonyl (C=O) groups excluding carboxylic acids is 2. The molecule has 0 aromatic heterocycles. The Hall–Kier alpha value is -1.79. The van der Waals surface area contributed by atoms with Gasteiger partial charge < -0.3 is 20.6 Å². The molecule has 0 saturated carbocycles. The van der Waals surface area contributed by atoms with Crippen molar-refractivity contribution in [1.29, 1.82) is 0 Å². The molecule has 1 aliphatic rings. The van der Waals surface area contributed by atoms with E-state index in [4.69, 9.17) is 0 Å². The smallest absolute Gasteiger partial charge is 0.315 e. The topological polar surface area (TPSA) is 98.7 Å². The molecule has 1 aliphatic heterocycles. The van der Waals surface area contributed by atoms with Gasteiger partial charge in [-0.3, -0.25) is 9.59 Å². The zero-order valence-corrected chi connectivity index (χ0v) is 13.1. The van der Waals surface area contributed by atoms with Gasteiger partial charge in [0.15, 0.2) is 0 Å². The van der Waals surface area contributed by atoms with E-state index in [-0.39, 0.29) is 17.9 Å². The Morgan fingerprint density at radius 1 is 1.43 bits per heavy atom. The molecule has 0 aliphatic carbocycles. The molecule has 0 aromatic carbocycles. The standard InChI is InChI=1S/C14H25N3O4/c1-14(2,3)7-9(12(19)20)8-15-13(21)16-10-5-6-17(4)11(10)18/h9-10H,5-8H2,1-4H3,(H,19,20)(H2,15,16,21). The largest absolute Gasteiger partial charge is 0.481 e. The molecule has 3 N–H and O–H groups in total. The van der Waals surface area contributed by atoms with Crippen LogP contribution in [0.25, 0.3) is 0 Å². The second-order valence-corrected chi connectivity index (χ2v) is 6.76. The molecular formula is C14H25N3O4. The number of carboxylic acid groups (broad SMARTS) is 1. The van der Waals surface area contributed by atoms with Crippen molar-refractivity contribution >= 4 is 17.9 Å². The predicted molar refractivity (Wildman–Crippen MR) is 77.8 cm³/mol. The number of hydrogen-bond donors (Lipinski definition) is 3. The minimum atomic E-state index is -0.929. The van der Waals surface area contributed by atoms with Crippen molar-refractivity contribution in [2.75, 3.05) is 20.1 Å². The number of likely N-dealkylation sites (tertiary alicyclic amines) is 1. The highest BCUT2D eigenvalue weighted by Gasteiger charge is 2.31. The van der Waals surface area contributed by atoms with Crippen LogP contribution in [-0.4, -0.2) is 54.1 Å². The van der Waals surface area contributed by atoms with E-state index in [0.717, 1.165) is 0 Å². The highest BCUT2D eigenvalue weighted by Crippen LogP contribution is 2.24. The average Bonchev–Trinajstić information content (AvgIpc) is 2.65. The Kier molecular flexibility index (Phi) is 5.57. The van der Waals surface area contributed by atoms with Gasteiger partial charge in [-0.05, 0) is 18.3 Å². The zero-order chi connectivity index (χ0) is 16.2. The number of aliphatic carboxylic acids is 1. The summed E-state index contributed by atoms with van der Waals surface area (Å²) in [4.78, 5) is 36.2. The zero-order valence-electron chi connectivity index (χ0n) is 13.1. The molecule has 1 fully saturated rings. The van der Waals surface area contributed by atoms with Crippen LogP contribution in [0.2, 0.25) is 0 Å². The van der Waals surface area contributed by atoms with Crippen molar-refractivity contribution in [2.24, 2.45) is 11.3 Å². The molecule has 1 rings (SSSR count). The molecule has 1 heterocycles. The summed E-state index contributed by atoms with van der Waals surface area (Å²) in [7, 11) is 1.69. The minimum Gasteiger partial charge on any atom is -0.481 e.